The number of imide groups is 1. The first-order valence-corrected chi connectivity index (χ1v) is 10.5. The summed E-state index contributed by atoms with van der Waals surface area (Å²) in [5.41, 5.74) is 3.09. The van der Waals surface area contributed by atoms with Gasteiger partial charge in [-0.25, -0.2) is 0 Å². The van der Waals surface area contributed by atoms with Crippen LogP contribution in [0, 0.1) is 0 Å². The predicted octanol–water partition coefficient (Wildman–Crippen LogP) is 3.51. The van der Waals surface area contributed by atoms with E-state index in [0.29, 0.717) is 23.6 Å². The van der Waals surface area contributed by atoms with Crippen molar-refractivity contribution in [1.29, 1.82) is 0 Å². The molecule has 1 saturated heterocycles. The Morgan fingerprint density at radius 3 is 2.27 bits per heavy atom. The molecule has 4 rings (SSSR count). The molecule has 0 bridgehead atoms. The number of piperidine rings is 1. The highest BCUT2D eigenvalue weighted by atomic mass is 16.2. The number of carbonyl (C=O) groups excluding carboxylic acids is 3. The fraction of sp³-hybridized carbons (Fsp3) is 0.375. The van der Waals surface area contributed by atoms with Crippen LogP contribution in [0.1, 0.15) is 58.9 Å². The number of nitrogens with one attached hydrogen (secondary N) is 1. The quantitative estimate of drug-likeness (QED) is 0.773. The van der Waals surface area contributed by atoms with Crippen molar-refractivity contribution in [1.82, 2.24) is 9.80 Å². The van der Waals surface area contributed by atoms with Crippen LogP contribution in [0.5, 0.6) is 0 Å². The fourth-order valence-corrected chi connectivity index (χ4v) is 4.59. The third kappa shape index (κ3) is 4.00. The van der Waals surface area contributed by atoms with Crippen LogP contribution < -0.4 is 5.32 Å². The average molecular weight is 405 g/mol. The molecule has 2 aromatic carbocycles. The van der Waals surface area contributed by atoms with E-state index in [0.717, 1.165) is 31.6 Å². The van der Waals surface area contributed by atoms with Crippen LogP contribution >= 0.6 is 0 Å². The molecular formula is C24H27N3O3. The highest BCUT2D eigenvalue weighted by Crippen LogP contribution is 2.30. The first kappa shape index (κ1) is 20.3. The second-order valence-electron chi connectivity index (χ2n) is 8.26. The number of carbonyl (C=O) groups is 3. The van der Waals surface area contributed by atoms with Gasteiger partial charge in [0.1, 0.15) is 0 Å². The summed E-state index contributed by atoms with van der Waals surface area (Å²) in [6, 6.07) is 14.9. The smallest absolute Gasteiger partial charge is 0.261 e. The van der Waals surface area contributed by atoms with Gasteiger partial charge in [0.05, 0.1) is 17.2 Å². The molecule has 2 aliphatic heterocycles. The van der Waals surface area contributed by atoms with E-state index < -0.39 is 0 Å². The molecular weight excluding hydrogens is 378 g/mol. The largest absolute Gasteiger partial charge is 0.326 e. The molecule has 0 aromatic heterocycles. The van der Waals surface area contributed by atoms with Crippen molar-refractivity contribution >= 4 is 23.4 Å². The standard InChI is InChI=1S/C24H27N3O3/c1-16(27-23(29)21-8-3-4-9-22(21)24(27)30)15-26-12-10-18(11-13-26)19-6-5-7-20(14-19)25-17(2)28/h3-9,14,16,18H,10-13,15H2,1-2H3,(H,25,28). The molecule has 0 saturated carbocycles. The van der Waals surface area contributed by atoms with Gasteiger partial charge in [-0.15, -0.1) is 0 Å². The molecule has 1 atom stereocenters. The van der Waals surface area contributed by atoms with Gasteiger partial charge in [-0.05, 0) is 68.6 Å². The molecule has 0 spiro atoms. The molecule has 1 unspecified atom stereocenters. The van der Waals surface area contributed by atoms with Crippen LogP contribution in [0.4, 0.5) is 5.69 Å². The van der Waals surface area contributed by atoms with Crippen molar-refractivity contribution in [3.05, 3.63) is 65.2 Å². The Kier molecular flexibility index (Phi) is 5.68. The van der Waals surface area contributed by atoms with Crippen LogP contribution in [0.3, 0.4) is 0 Å². The number of nitrogens with zero attached hydrogens (tertiary/aromatic N) is 2. The molecule has 6 nitrogen and oxygen atoms in total. The van der Waals surface area contributed by atoms with Gasteiger partial charge in [-0.1, -0.05) is 24.3 Å². The lowest BCUT2D eigenvalue weighted by atomic mass is 9.89. The minimum absolute atomic E-state index is 0.0656. The lowest BCUT2D eigenvalue weighted by Crippen LogP contribution is -2.47. The summed E-state index contributed by atoms with van der Waals surface area (Å²) in [5, 5.41) is 2.85. The van der Waals surface area contributed by atoms with Crippen molar-refractivity contribution < 1.29 is 14.4 Å². The number of hydrogen-bond donors (Lipinski definition) is 1. The minimum atomic E-state index is -0.187. The zero-order valence-corrected chi connectivity index (χ0v) is 17.4. The second kappa shape index (κ2) is 8.40. The zero-order valence-electron chi connectivity index (χ0n) is 17.4. The number of amides is 3. The Bertz CT molecular complexity index is 944. The summed E-state index contributed by atoms with van der Waals surface area (Å²) < 4.78 is 0. The van der Waals surface area contributed by atoms with E-state index in [9.17, 15) is 14.4 Å². The molecule has 2 aromatic rings. The van der Waals surface area contributed by atoms with Gasteiger partial charge >= 0.3 is 0 Å². The van der Waals surface area contributed by atoms with Crippen molar-refractivity contribution in [3.63, 3.8) is 0 Å². The average Bonchev–Trinajstić information content (AvgIpc) is 2.99. The van der Waals surface area contributed by atoms with Crippen LogP contribution in [-0.2, 0) is 4.79 Å². The van der Waals surface area contributed by atoms with Crippen LogP contribution in [0.2, 0.25) is 0 Å². The van der Waals surface area contributed by atoms with Gasteiger partial charge in [0.25, 0.3) is 11.8 Å². The van der Waals surface area contributed by atoms with Crippen molar-refractivity contribution in [2.24, 2.45) is 0 Å². The van der Waals surface area contributed by atoms with Crippen molar-refractivity contribution in [3.8, 4) is 0 Å². The van der Waals surface area contributed by atoms with E-state index in [1.165, 1.54) is 17.4 Å². The molecule has 3 amide bonds. The molecule has 1 N–H and O–H groups in total. The topological polar surface area (TPSA) is 69.7 Å². The highest BCUT2D eigenvalue weighted by Gasteiger charge is 2.38. The predicted molar refractivity (Wildman–Crippen MR) is 116 cm³/mol. The minimum Gasteiger partial charge on any atom is -0.326 e. The maximum Gasteiger partial charge on any atom is 0.261 e. The van der Waals surface area contributed by atoms with Crippen LogP contribution in [0.25, 0.3) is 0 Å². The first-order valence-electron chi connectivity index (χ1n) is 10.5. The van der Waals surface area contributed by atoms with Gasteiger partial charge in [-0.2, -0.15) is 0 Å². The third-order valence-electron chi connectivity index (χ3n) is 6.05. The van der Waals surface area contributed by atoms with Crippen LogP contribution in [0.15, 0.2) is 48.5 Å². The summed E-state index contributed by atoms with van der Waals surface area (Å²) in [5.74, 6) is 0.00855. The lowest BCUT2D eigenvalue weighted by molar-refractivity contribution is -0.114. The molecule has 6 heteroatoms. The van der Waals surface area contributed by atoms with Gasteiger partial charge < -0.3 is 10.2 Å². The van der Waals surface area contributed by atoms with E-state index in [4.69, 9.17) is 0 Å². The summed E-state index contributed by atoms with van der Waals surface area (Å²) >= 11 is 0. The van der Waals surface area contributed by atoms with E-state index >= 15 is 0 Å². The summed E-state index contributed by atoms with van der Waals surface area (Å²) in [4.78, 5) is 40.4. The van der Waals surface area contributed by atoms with E-state index in [-0.39, 0.29) is 23.8 Å². The summed E-state index contributed by atoms with van der Waals surface area (Å²) in [7, 11) is 0. The molecule has 30 heavy (non-hydrogen) atoms. The Morgan fingerprint density at radius 1 is 1.03 bits per heavy atom. The summed E-state index contributed by atoms with van der Waals surface area (Å²) in [6.07, 6.45) is 2.02. The Labute approximate surface area is 176 Å². The fourth-order valence-electron chi connectivity index (χ4n) is 4.59. The molecule has 2 heterocycles. The number of likely N-dealkylation sites (tertiary alicyclic amines) is 1. The third-order valence-corrected chi connectivity index (χ3v) is 6.05. The number of benzene rings is 2. The Hall–Kier alpha value is -2.99. The number of anilines is 1. The monoisotopic (exact) mass is 405 g/mol. The molecule has 1 fully saturated rings. The van der Waals surface area contributed by atoms with E-state index in [1.54, 1.807) is 24.3 Å². The number of hydrogen-bond acceptors (Lipinski definition) is 4. The normalized spacial score (nSPS) is 18.4. The molecule has 0 radical (unpaired) electrons. The zero-order chi connectivity index (χ0) is 21.3. The molecule has 0 aliphatic carbocycles. The Balaban J connectivity index is 1.35. The SMILES string of the molecule is CC(=O)Nc1cccc(C2CCN(CC(C)N3C(=O)c4ccccc4C3=O)CC2)c1. The number of fused-ring (bicyclic) bond motifs is 1. The second-order valence-corrected chi connectivity index (χ2v) is 8.26. The number of rotatable bonds is 5. The maximum atomic E-state index is 12.7. The van der Waals surface area contributed by atoms with Crippen LogP contribution in [-0.4, -0.2) is 53.2 Å². The van der Waals surface area contributed by atoms with Crippen molar-refractivity contribution in [2.45, 2.75) is 38.6 Å². The van der Waals surface area contributed by atoms with E-state index in [1.807, 2.05) is 19.1 Å². The van der Waals surface area contributed by atoms with Crippen molar-refractivity contribution in [2.75, 3.05) is 25.0 Å². The lowest BCUT2D eigenvalue weighted by Gasteiger charge is -2.35. The van der Waals surface area contributed by atoms with Gasteiger partial charge in [-0.3, -0.25) is 19.3 Å². The van der Waals surface area contributed by atoms with E-state index in [2.05, 4.69) is 22.3 Å². The molecule has 2 aliphatic rings. The Morgan fingerprint density at radius 2 is 1.67 bits per heavy atom. The van der Waals surface area contributed by atoms with Gasteiger partial charge in [0.2, 0.25) is 5.91 Å². The summed E-state index contributed by atoms with van der Waals surface area (Å²) in [6.45, 7) is 5.99. The highest BCUT2D eigenvalue weighted by molar-refractivity contribution is 6.21. The van der Waals surface area contributed by atoms with Gasteiger partial charge in [0, 0.05) is 19.2 Å². The maximum absolute atomic E-state index is 12.7. The van der Waals surface area contributed by atoms with Gasteiger partial charge in [0.15, 0.2) is 0 Å². The first-order chi connectivity index (χ1) is 14.4. The molecule has 156 valence electrons.